The number of carbonyl (C=O) groups excluding carboxylic acids is 2. The predicted octanol–water partition coefficient (Wildman–Crippen LogP) is -10.5. The van der Waals surface area contributed by atoms with Gasteiger partial charge in [0.05, 0.1) is 26.4 Å². The maximum atomic E-state index is 11.2. The minimum atomic E-state index is -1.73. The fraction of sp³-hybridized carbons (Fsp3) is 0.929. The molecule has 4 aliphatic heterocycles. The highest BCUT2D eigenvalue weighted by Crippen LogP contribution is 2.30. The fourth-order valence-electron chi connectivity index (χ4n) is 5.95. The molecule has 0 bridgehead atoms. The van der Waals surface area contributed by atoms with Gasteiger partial charge in [-0.2, -0.15) is 0 Å². The zero-order valence-corrected chi connectivity index (χ0v) is 27.9. The van der Waals surface area contributed by atoms with Gasteiger partial charge in [0.2, 0.25) is 11.8 Å². The number of hydrogen-bond donors (Lipinski definition) is 16. The van der Waals surface area contributed by atoms with Gasteiger partial charge in [-0.25, -0.2) is 0 Å². The zero-order valence-electron chi connectivity index (χ0n) is 27.9. The lowest BCUT2D eigenvalue weighted by atomic mass is 9.95. The summed E-state index contributed by atoms with van der Waals surface area (Å²) in [6.45, 7) is -0.390. The third kappa shape index (κ3) is 10.3. The lowest BCUT2D eigenvalue weighted by Crippen LogP contribution is -2.67. The van der Waals surface area contributed by atoms with E-state index in [0.29, 0.717) is 0 Å². The largest absolute Gasteiger partial charge is 0.394 e. The molecule has 0 radical (unpaired) electrons. The number of amides is 2. The molecule has 20 atom stereocenters. The minimum absolute atomic E-state index is 0.564. The Morgan fingerprint density at radius 3 is 1.04 bits per heavy atom. The second-order valence-electron chi connectivity index (χ2n) is 12.5. The average molecular weight is 767 g/mol. The molecule has 0 spiro atoms. The third-order valence-corrected chi connectivity index (χ3v) is 8.76. The first-order valence-electron chi connectivity index (χ1n) is 16.1. The monoisotopic (exact) mass is 766 g/mol. The summed E-state index contributed by atoms with van der Waals surface area (Å²) in [6, 6.07) is -2.57. The standard InChI is InChI=1S/2C14H25NO11/c2*1-4(18)15-7-9(20)12(6(3-17)24-13(7)23)26-14-11(22)10(21)8(19)5(2-16)25-14/h2*5-14,16-17,19-23H,2-3H2,1H3,(H,15,18)/t2*5-,6-,7-,8+,9-,10+,11-,12-,13?,14+/m11/s1. The molecule has 0 aromatic rings. The van der Waals surface area contributed by atoms with Gasteiger partial charge in [-0.05, 0) is 0 Å². The molecule has 0 aromatic heterocycles. The van der Waals surface area contributed by atoms with Crippen molar-refractivity contribution in [1.82, 2.24) is 10.6 Å². The molecule has 2 unspecified atom stereocenters. The van der Waals surface area contributed by atoms with Crippen LogP contribution in [0.5, 0.6) is 0 Å². The number of aliphatic hydroxyl groups excluding tert-OH is 14. The summed E-state index contributed by atoms with van der Waals surface area (Å²) in [5.41, 5.74) is 0. The lowest BCUT2D eigenvalue weighted by Gasteiger charge is -2.46. The van der Waals surface area contributed by atoms with E-state index in [1.54, 1.807) is 0 Å². The first kappa shape index (κ1) is 44.5. The van der Waals surface area contributed by atoms with Crippen molar-refractivity contribution in [3.05, 3.63) is 0 Å². The molecular formula is C28H50N2O22. The van der Waals surface area contributed by atoms with Crippen molar-refractivity contribution < 1.29 is 110 Å². The van der Waals surface area contributed by atoms with Gasteiger partial charge >= 0.3 is 0 Å². The highest BCUT2D eigenvalue weighted by molar-refractivity contribution is 5.73. The summed E-state index contributed by atoms with van der Waals surface area (Å²) in [7, 11) is 0. The molecule has 24 heteroatoms. The van der Waals surface area contributed by atoms with E-state index in [1.165, 1.54) is 0 Å². The smallest absolute Gasteiger partial charge is 0.217 e. The number of aliphatic hydroxyl groups is 14. The summed E-state index contributed by atoms with van der Waals surface area (Å²) in [4.78, 5) is 22.5. The van der Waals surface area contributed by atoms with Crippen molar-refractivity contribution in [2.75, 3.05) is 26.4 Å². The van der Waals surface area contributed by atoms with Gasteiger partial charge in [-0.3, -0.25) is 9.59 Å². The van der Waals surface area contributed by atoms with E-state index in [1.807, 2.05) is 0 Å². The van der Waals surface area contributed by atoms with Crippen LogP contribution in [0.1, 0.15) is 13.8 Å². The van der Waals surface area contributed by atoms with Gasteiger partial charge in [0, 0.05) is 13.8 Å². The van der Waals surface area contributed by atoms with Crippen molar-refractivity contribution in [3.8, 4) is 0 Å². The van der Waals surface area contributed by atoms with Crippen LogP contribution < -0.4 is 10.6 Å². The van der Waals surface area contributed by atoms with Crippen LogP contribution in [-0.4, -0.2) is 232 Å². The number of nitrogens with one attached hydrogen (secondary N) is 2. The molecule has 4 heterocycles. The van der Waals surface area contributed by atoms with E-state index in [9.17, 15) is 81.1 Å². The highest BCUT2D eigenvalue weighted by atomic mass is 16.7. The lowest BCUT2D eigenvalue weighted by molar-refractivity contribution is -0.345. The SMILES string of the molecule is CC(=O)N[C@H]1C(O)O[C@H](CO)[C@@H](O[C@@H]2O[C@H](CO)[C@H](O)[C@H](O)[C@H]2O)[C@@H]1O.CC(=O)N[C@H]1C(O)O[C@H](CO)[C@@H](O[C@@H]2O[C@H](CO)[C@H](O)[C@H](O)[C@H]2O)[C@@H]1O. The van der Waals surface area contributed by atoms with Crippen LogP contribution in [0.3, 0.4) is 0 Å². The maximum absolute atomic E-state index is 11.2. The molecule has 4 saturated heterocycles. The van der Waals surface area contributed by atoms with Crippen LogP contribution in [0.15, 0.2) is 0 Å². The quantitative estimate of drug-likeness (QED) is 0.0981. The second-order valence-corrected chi connectivity index (χ2v) is 12.5. The molecule has 0 aromatic carbocycles. The van der Waals surface area contributed by atoms with Crippen LogP contribution in [0.2, 0.25) is 0 Å². The number of hydrogen-bond acceptors (Lipinski definition) is 22. The summed E-state index contributed by atoms with van der Waals surface area (Å²) in [5.74, 6) is -1.13. The summed E-state index contributed by atoms with van der Waals surface area (Å²) in [6.07, 6.45) is -27.3. The van der Waals surface area contributed by atoms with E-state index < -0.39 is 161 Å². The summed E-state index contributed by atoms with van der Waals surface area (Å²) in [5, 5.41) is 141. The molecule has 52 heavy (non-hydrogen) atoms. The maximum Gasteiger partial charge on any atom is 0.217 e. The van der Waals surface area contributed by atoms with Crippen LogP contribution in [0.4, 0.5) is 0 Å². The summed E-state index contributed by atoms with van der Waals surface area (Å²) >= 11 is 0. The number of carbonyl (C=O) groups is 2. The second kappa shape index (κ2) is 19.6. The Morgan fingerprint density at radius 1 is 0.462 bits per heavy atom. The van der Waals surface area contributed by atoms with Gasteiger partial charge in [0.25, 0.3) is 0 Å². The van der Waals surface area contributed by atoms with E-state index in [0.717, 1.165) is 13.8 Å². The fourth-order valence-corrected chi connectivity index (χ4v) is 5.95. The van der Waals surface area contributed by atoms with E-state index >= 15 is 0 Å². The molecule has 16 N–H and O–H groups in total. The Morgan fingerprint density at radius 2 is 0.769 bits per heavy atom. The Bertz CT molecular complexity index is 1040. The minimum Gasteiger partial charge on any atom is -0.394 e. The van der Waals surface area contributed by atoms with Crippen molar-refractivity contribution in [1.29, 1.82) is 0 Å². The van der Waals surface area contributed by atoms with Crippen molar-refractivity contribution in [3.63, 3.8) is 0 Å². The molecular weight excluding hydrogens is 716 g/mol. The predicted molar refractivity (Wildman–Crippen MR) is 160 cm³/mol. The molecule has 4 fully saturated rings. The molecule has 2 amide bonds. The molecule has 24 nitrogen and oxygen atoms in total. The Balaban J connectivity index is 0.000000280. The normalized spacial score (nSPS) is 46.8. The Labute approximate surface area is 295 Å². The topological polar surface area (TPSA) is 397 Å². The van der Waals surface area contributed by atoms with Gasteiger partial charge in [0.15, 0.2) is 25.2 Å². The van der Waals surface area contributed by atoms with Crippen molar-refractivity contribution >= 4 is 11.8 Å². The first-order valence-corrected chi connectivity index (χ1v) is 16.1. The third-order valence-electron chi connectivity index (χ3n) is 8.76. The van der Waals surface area contributed by atoms with Crippen molar-refractivity contribution in [2.45, 2.75) is 137 Å². The van der Waals surface area contributed by atoms with Gasteiger partial charge in [-0.1, -0.05) is 0 Å². The van der Waals surface area contributed by atoms with Crippen molar-refractivity contribution in [2.24, 2.45) is 0 Å². The van der Waals surface area contributed by atoms with Gasteiger partial charge in [0.1, 0.15) is 97.5 Å². The molecule has 4 rings (SSSR count). The van der Waals surface area contributed by atoms with Crippen LogP contribution in [0.25, 0.3) is 0 Å². The highest BCUT2D eigenvalue weighted by Gasteiger charge is 2.52. The number of ether oxygens (including phenoxy) is 6. The molecule has 0 saturated carbocycles. The van der Waals surface area contributed by atoms with Gasteiger partial charge < -0.3 is 111 Å². The Hall–Kier alpha value is -1.86. The van der Waals surface area contributed by atoms with Crippen LogP contribution in [-0.2, 0) is 38.0 Å². The van der Waals surface area contributed by atoms with Crippen LogP contribution >= 0.6 is 0 Å². The van der Waals surface area contributed by atoms with E-state index in [4.69, 9.17) is 28.4 Å². The van der Waals surface area contributed by atoms with Gasteiger partial charge in [-0.15, -0.1) is 0 Å². The molecule has 0 aliphatic carbocycles. The summed E-state index contributed by atoms with van der Waals surface area (Å²) < 4.78 is 31.4. The molecule has 4 aliphatic rings. The van der Waals surface area contributed by atoms with E-state index in [-0.39, 0.29) is 0 Å². The molecule has 304 valence electrons. The average Bonchev–Trinajstić information content (AvgIpc) is 3.10. The Kier molecular flexibility index (Phi) is 16.8. The number of rotatable bonds is 10. The van der Waals surface area contributed by atoms with E-state index in [2.05, 4.69) is 10.6 Å². The zero-order chi connectivity index (χ0) is 39.2. The van der Waals surface area contributed by atoms with Crippen LogP contribution in [0, 0.1) is 0 Å². The first-order chi connectivity index (χ1) is 24.4.